The van der Waals surface area contributed by atoms with E-state index in [1.807, 2.05) is 18.2 Å². The molecular weight excluding hydrogens is 440 g/mol. The van der Waals surface area contributed by atoms with Crippen LogP contribution >= 0.6 is 0 Å². The standard InChI is InChI=1S/C23H24N6O5/c1-27-20-19(21(32)28(2)23(27)33)29(13-17(31)14-34-18-6-4-3-5-7-18)22(25-20)26-24-12-15-8-10-16(30)11-9-15/h3-12,17,30-31H,13-14H2,1-2H3,(H,25,26). The number of aromatic nitrogens is 4. The summed E-state index contributed by atoms with van der Waals surface area (Å²) in [6.07, 6.45) is 0.524. The summed E-state index contributed by atoms with van der Waals surface area (Å²) < 4.78 is 9.34. The SMILES string of the molecule is Cn1c(=O)c2c(nc(NN=Cc3ccc(O)cc3)n2CC(O)COc2ccccc2)n(C)c1=O. The van der Waals surface area contributed by atoms with Crippen LogP contribution in [0.5, 0.6) is 11.5 Å². The number of phenols is 1. The number of benzene rings is 2. The lowest BCUT2D eigenvalue weighted by molar-refractivity contribution is 0.0938. The van der Waals surface area contributed by atoms with Crippen molar-refractivity contribution in [2.45, 2.75) is 12.6 Å². The molecule has 0 aliphatic carbocycles. The number of nitrogens with one attached hydrogen (secondary N) is 1. The van der Waals surface area contributed by atoms with Crippen LogP contribution in [-0.4, -0.2) is 47.8 Å². The minimum Gasteiger partial charge on any atom is -0.508 e. The molecule has 0 spiro atoms. The van der Waals surface area contributed by atoms with Gasteiger partial charge in [0, 0.05) is 14.1 Å². The third-order valence-electron chi connectivity index (χ3n) is 5.20. The number of phenolic OH excluding ortho intramolecular Hbond substituents is 1. The fraction of sp³-hybridized carbons (Fsp3) is 0.217. The topological polar surface area (TPSA) is 136 Å². The second-order valence-corrected chi connectivity index (χ2v) is 7.66. The van der Waals surface area contributed by atoms with Crippen molar-refractivity contribution in [3.05, 3.63) is 81.0 Å². The fourth-order valence-electron chi connectivity index (χ4n) is 3.41. The van der Waals surface area contributed by atoms with Gasteiger partial charge >= 0.3 is 5.69 Å². The van der Waals surface area contributed by atoms with Crippen LogP contribution in [0.15, 0.2) is 69.3 Å². The number of para-hydroxylation sites is 1. The molecule has 3 N–H and O–H groups in total. The van der Waals surface area contributed by atoms with Gasteiger partial charge in [-0.1, -0.05) is 18.2 Å². The highest BCUT2D eigenvalue weighted by Crippen LogP contribution is 2.17. The highest BCUT2D eigenvalue weighted by molar-refractivity contribution is 5.80. The fourth-order valence-corrected chi connectivity index (χ4v) is 3.41. The Morgan fingerprint density at radius 1 is 1.09 bits per heavy atom. The van der Waals surface area contributed by atoms with E-state index in [9.17, 15) is 19.8 Å². The molecule has 1 unspecified atom stereocenters. The quantitative estimate of drug-likeness (QED) is 0.262. The van der Waals surface area contributed by atoms with Crippen molar-refractivity contribution in [1.29, 1.82) is 0 Å². The Kier molecular flexibility index (Phi) is 6.46. The molecule has 0 fully saturated rings. The smallest absolute Gasteiger partial charge is 0.332 e. The van der Waals surface area contributed by atoms with Crippen molar-refractivity contribution in [3.63, 3.8) is 0 Å². The average molecular weight is 464 g/mol. The number of aromatic hydroxyl groups is 1. The number of hydrazone groups is 1. The summed E-state index contributed by atoms with van der Waals surface area (Å²) in [4.78, 5) is 29.7. The summed E-state index contributed by atoms with van der Waals surface area (Å²) in [5, 5.41) is 24.2. The van der Waals surface area contributed by atoms with E-state index in [-0.39, 0.29) is 36.0 Å². The molecule has 0 saturated heterocycles. The molecule has 2 aromatic heterocycles. The van der Waals surface area contributed by atoms with Crippen LogP contribution in [0, 0.1) is 0 Å². The third-order valence-corrected chi connectivity index (χ3v) is 5.20. The molecule has 34 heavy (non-hydrogen) atoms. The van der Waals surface area contributed by atoms with Crippen LogP contribution in [0.25, 0.3) is 11.2 Å². The summed E-state index contributed by atoms with van der Waals surface area (Å²) in [5.41, 5.74) is 2.74. The average Bonchev–Trinajstić information content (AvgIpc) is 3.20. The predicted molar refractivity (Wildman–Crippen MR) is 127 cm³/mol. The van der Waals surface area contributed by atoms with Crippen LogP contribution in [0.3, 0.4) is 0 Å². The lowest BCUT2D eigenvalue weighted by atomic mass is 10.2. The van der Waals surface area contributed by atoms with Crippen LogP contribution in [0.2, 0.25) is 0 Å². The predicted octanol–water partition coefficient (Wildman–Crippen LogP) is 1.03. The number of rotatable bonds is 8. The van der Waals surface area contributed by atoms with E-state index in [4.69, 9.17) is 4.74 Å². The molecule has 11 nitrogen and oxygen atoms in total. The first-order valence-corrected chi connectivity index (χ1v) is 10.5. The number of aryl methyl sites for hydroxylation is 1. The molecule has 0 aliphatic heterocycles. The molecule has 4 aromatic rings. The van der Waals surface area contributed by atoms with Crippen molar-refractivity contribution in [3.8, 4) is 11.5 Å². The van der Waals surface area contributed by atoms with E-state index >= 15 is 0 Å². The Morgan fingerprint density at radius 3 is 2.50 bits per heavy atom. The Bertz CT molecular complexity index is 1440. The molecule has 2 heterocycles. The molecule has 11 heteroatoms. The van der Waals surface area contributed by atoms with Gasteiger partial charge in [-0.2, -0.15) is 10.1 Å². The summed E-state index contributed by atoms with van der Waals surface area (Å²) in [5.74, 6) is 0.907. The minimum absolute atomic E-state index is 0.0218. The van der Waals surface area contributed by atoms with E-state index < -0.39 is 17.4 Å². The molecular formula is C23H24N6O5. The van der Waals surface area contributed by atoms with Gasteiger partial charge in [0.25, 0.3) is 5.56 Å². The van der Waals surface area contributed by atoms with Gasteiger partial charge in [0.05, 0.1) is 12.8 Å². The number of imidazole rings is 1. The molecule has 0 radical (unpaired) electrons. The van der Waals surface area contributed by atoms with Crippen molar-refractivity contribution in [2.24, 2.45) is 19.2 Å². The summed E-state index contributed by atoms with van der Waals surface area (Å²) in [6.45, 7) is -0.0557. The second kappa shape index (κ2) is 9.63. The normalized spacial score (nSPS) is 12.3. The van der Waals surface area contributed by atoms with Gasteiger partial charge in [-0.25, -0.2) is 10.2 Å². The summed E-state index contributed by atoms with van der Waals surface area (Å²) in [6, 6.07) is 15.5. The largest absolute Gasteiger partial charge is 0.508 e. The molecule has 1 atom stereocenters. The second-order valence-electron chi connectivity index (χ2n) is 7.66. The van der Waals surface area contributed by atoms with Crippen LogP contribution in [0.1, 0.15) is 5.56 Å². The Balaban J connectivity index is 1.66. The van der Waals surface area contributed by atoms with Gasteiger partial charge in [-0.05, 0) is 42.0 Å². The zero-order valence-electron chi connectivity index (χ0n) is 18.6. The summed E-state index contributed by atoms with van der Waals surface area (Å²) in [7, 11) is 2.90. The number of fused-ring (bicyclic) bond motifs is 1. The molecule has 0 saturated carbocycles. The maximum Gasteiger partial charge on any atom is 0.332 e. The van der Waals surface area contributed by atoms with Crippen molar-refractivity contribution < 1.29 is 14.9 Å². The lowest BCUT2D eigenvalue weighted by Crippen LogP contribution is -2.38. The first kappa shape index (κ1) is 22.8. The van der Waals surface area contributed by atoms with Crippen LogP contribution in [0.4, 0.5) is 5.95 Å². The van der Waals surface area contributed by atoms with Crippen molar-refractivity contribution >= 4 is 23.3 Å². The number of aliphatic hydroxyl groups is 1. The molecule has 176 valence electrons. The number of nitrogens with zero attached hydrogens (tertiary/aromatic N) is 5. The van der Waals surface area contributed by atoms with Gasteiger partial charge in [0.1, 0.15) is 24.2 Å². The molecule has 2 aromatic carbocycles. The van der Waals surface area contributed by atoms with Gasteiger partial charge in [0.2, 0.25) is 5.95 Å². The number of aliphatic hydroxyl groups excluding tert-OH is 1. The van der Waals surface area contributed by atoms with E-state index in [1.54, 1.807) is 24.3 Å². The van der Waals surface area contributed by atoms with Crippen LogP contribution < -0.4 is 21.4 Å². The number of ether oxygens (including phenoxy) is 1. The Labute approximate surface area is 193 Å². The Hall–Kier alpha value is -4.38. The highest BCUT2D eigenvalue weighted by atomic mass is 16.5. The van der Waals surface area contributed by atoms with Gasteiger partial charge in [0.15, 0.2) is 11.2 Å². The van der Waals surface area contributed by atoms with Crippen molar-refractivity contribution in [2.75, 3.05) is 12.0 Å². The van der Waals surface area contributed by atoms with Gasteiger partial charge in [-0.15, -0.1) is 0 Å². The number of hydrogen-bond acceptors (Lipinski definition) is 8. The minimum atomic E-state index is -0.985. The van der Waals surface area contributed by atoms with E-state index in [1.165, 1.54) is 41.6 Å². The molecule has 0 bridgehead atoms. The van der Waals surface area contributed by atoms with E-state index in [2.05, 4.69) is 15.5 Å². The number of anilines is 1. The first-order valence-electron chi connectivity index (χ1n) is 10.5. The van der Waals surface area contributed by atoms with Crippen molar-refractivity contribution in [1.82, 2.24) is 18.7 Å². The van der Waals surface area contributed by atoms with Crippen LogP contribution in [-0.2, 0) is 20.6 Å². The number of hydrogen-bond donors (Lipinski definition) is 3. The maximum absolute atomic E-state index is 12.9. The van der Waals surface area contributed by atoms with Gasteiger partial charge < -0.3 is 19.5 Å². The Morgan fingerprint density at radius 2 is 1.79 bits per heavy atom. The van der Waals surface area contributed by atoms with E-state index in [0.29, 0.717) is 11.3 Å². The molecule has 4 rings (SSSR count). The first-order chi connectivity index (χ1) is 16.3. The zero-order valence-corrected chi connectivity index (χ0v) is 18.6. The lowest BCUT2D eigenvalue weighted by Gasteiger charge is -2.15. The highest BCUT2D eigenvalue weighted by Gasteiger charge is 2.21. The maximum atomic E-state index is 12.9. The van der Waals surface area contributed by atoms with E-state index in [0.717, 1.165) is 4.57 Å². The zero-order chi connectivity index (χ0) is 24.2. The molecule has 0 amide bonds. The molecule has 0 aliphatic rings. The monoisotopic (exact) mass is 464 g/mol. The third kappa shape index (κ3) is 4.69. The summed E-state index contributed by atoms with van der Waals surface area (Å²) >= 11 is 0. The van der Waals surface area contributed by atoms with Gasteiger partial charge in [-0.3, -0.25) is 13.9 Å².